The zero-order valence-corrected chi connectivity index (χ0v) is 16.5. The van der Waals surface area contributed by atoms with Crippen molar-refractivity contribution in [2.75, 3.05) is 0 Å². The molecule has 5 nitrogen and oxygen atoms in total. The normalized spacial score (nSPS) is 18.4. The van der Waals surface area contributed by atoms with Crippen LogP contribution in [0.25, 0.3) is 16.6 Å². The summed E-state index contributed by atoms with van der Waals surface area (Å²) in [5, 5.41) is 0.889. The monoisotopic (exact) mass is 351 g/mol. The minimum absolute atomic E-state index is 0.101. The first-order chi connectivity index (χ1) is 11.9. The van der Waals surface area contributed by atoms with Gasteiger partial charge in [-0.05, 0) is 45.2 Å². The van der Waals surface area contributed by atoms with Crippen molar-refractivity contribution in [3.8, 4) is 0 Å². The molecule has 0 unspecified atom stereocenters. The van der Waals surface area contributed by atoms with E-state index in [9.17, 15) is 4.79 Å². The van der Waals surface area contributed by atoms with Gasteiger partial charge in [0.2, 0.25) is 0 Å². The Bertz CT molecular complexity index is 1120. The molecule has 5 heteroatoms. The summed E-state index contributed by atoms with van der Waals surface area (Å²) < 4.78 is 8.31. The third kappa shape index (κ3) is 2.23. The molecule has 136 valence electrons. The maximum absolute atomic E-state index is 12.9. The maximum atomic E-state index is 12.9. The molecule has 26 heavy (non-hydrogen) atoms. The van der Waals surface area contributed by atoms with Crippen LogP contribution in [0.1, 0.15) is 65.3 Å². The van der Waals surface area contributed by atoms with E-state index in [4.69, 9.17) is 4.74 Å². The van der Waals surface area contributed by atoms with E-state index in [2.05, 4.69) is 41.3 Å². The molecule has 0 aliphatic carbocycles. The van der Waals surface area contributed by atoms with Crippen molar-refractivity contribution in [1.82, 2.24) is 14.4 Å². The first-order valence-electron chi connectivity index (χ1n) is 8.99. The topological polar surface area (TPSA) is 56.5 Å². The Balaban J connectivity index is 2.30. The Morgan fingerprint density at radius 2 is 1.81 bits per heavy atom. The first kappa shape index (κ1) is 17.2. The highest BCUT2D eigenvalue weighted by molar-refractivity contribution is 5.94. The fourth-order valence-electron chi connectivity index (χ4n) is 4.26. The third-order valence-electron chi connectivity index (χ3n) is 5.18. The summed E-state index contributed by atoms with van der Waals surface area (Å²) in [6, 6.07) is 3.87. The lowest BCUT2D eigenvalue weighted by molar-refractivity contribution is -0.106. The molecule has 1 aliphatic heterocycles. The fraction of sp³-hybridized carbons (Fsp3) is 0.476. The summed E-state index contributed by atoms with van der Waals surface area (Å²) in [6.07, 6.45) is 3.87. The molecule has 0 atom stereocenters. The molecular weight excluding hydrogens is 326 g/mol. The van der Waals surface area contributed by atoms with Crippen LogP contribution in [0.15, 0.2) is 29.3 Å². The van der Waals surface area contributed by atoms with Crippen LogP contribution in [0.3, 0.4) is 0 Å². The van der Waals surface area contributed by atoms with E-state index in [1.54, 1.807) is 6.20 Å². The number of hydrogen-bond acceptors (Lipinski definition) is 4. The highest BCUT2D eigenvalue weighted by atomic mass is 16.5. The number of rotatable bonds is 0. The number of fused-ring (bicyclic) bond motifs is 5. The molecule has 0 spiro atoms. The van der Waals surface area contributed by atoms with Gasteiger partial charge in [-0.15, -0.1) is 0 Å². The summed E-state index contributed by atoms with van der Waals surface area (Å²) >= 11 is 0. The van der Waals surface area contributed by atoms with Gasteiger partial charge in [0.05, 0.1) is 22.4 Å². The van der Waals surface area contributed by atoms with Gasteiger partial charge in [0.1, 0.15) is 5.60 Å². The molecule has 4 rings (SSSR count). The SMILES string of the molecule is CC(C)(C)c1cn2c3c(c(=O)nc2c2cccnc12)C(C)(C)OC3(C)C. The van der Waals surface area contributed by atoms with E-state index in [1.165, 1.54) is 0 Å². The zero-order valence-electron chi connectivity index (χ0n) is 16.5. The summed E-state index contributed by atoms with van der Waals surface area (Å²) in [7, 11) is 0. The summed E-state index contributed by atoms with van der Waals surface area (Å²) in [6.45, 7) is 14.4. The second-order valence-corrected chi connectivity index (χ2v) is 9.15. The maximum Gasteiger partial charge on any atom is 0.279 e. The fourth-order valence-corrected chi connectivity index (χ4v) is 4.26. The van der Waals surface area contributed by atoms with Crippen molar-refractivity contribution < 1.29 is 4.74 Å². The quantitative estimate of drug-likeness (QED) is 0.574. The van der Waals surface area contributed by atoms with Gasteiger partial charge < -0.3 is 9.14 Å². The standard InChI is InChI=1S/C21H25N3O2/c1-19(2,3)13-11-24-16-14(20(4,5)26-21(16,6)7)18(25)23-17(24)12-9-8-10-22-15(12)13/h8-11H,1-7H3. The predicted octanol–water partition coefficient (Wildman–Crippen LogP) is 4.04. The van der Waals surface area contributed by atoms with E-state index in [0.29, 0.717) is 11.2 Å². The first-order valence-corrected chi connectivity index (χ1v) is 8.99. The van der Waals surface area contributed by atoms with Gasteiger partial charge in [-0.25, -0.2) is 0 Å². The largest absolute Gasteiger partial charge is 0.358 e. The Morgan fingerprint density at radius 1 is 1.12 bits per heavy atom. The molecule has 1 aliphatic rings. The Kier molecular flexibility index (Phi) is 3.24. The van der Waals surface area contributed by atoms with Crippen molar-refractivity contribution in [3.63, 3.8) is 0 Å². The van der Waals surface area contributed by atoms with Gasteiger partial charge in [-0.2, -0.15) is 4.98 Å². The molecule has 3 aromatic heterocycles. The molecule has 0 bridgehead atoms. The van der Waals surface area contributed by atoms with Gasteiger partial charge in [0, 0.05) is 23.3 Å². The van der Waals surface area contributed by atoms with E-state index in [0.717, 1.165) is 22.2 Å². The lowest BCUT2D eigenvalue weighted by atomic mass is 9.86. The molecule has 3 aromatic rings. The molecule has 0 saturated heterocycles. The summed E-state index contributed by atoms with van der Waals surface area (Å²) in [4.78, 5) is 22.0. The van der Waals surface area contributed by atoms with E-state index in [-0.39, 0.29) is 11.0 Å². The van der Waals surface area contributed by atoms with Crippen LogP contribution < -0.4 is 5.56 Å². The zero-order chi connectivity index (χ0) is 19.1. The summed E-state index contributed by atoms with van der Waals surface area (Å²) in [5.41, 5.74) is 2.60. The van der Waals surface area contributed by atoms with Gasteiger partial charge >= 0.3 is 0 Å². The predicted molar refractivity (Wildman–Crippen MR) is 103 cm³/mol. The van der Waals surface area contributed by atoms with Crippen molar-refractivity contribution >= 4 is 16.6 Å². The van der Waals surface area contributed by atoms with Crippen LogP contribution in [0.2, 0.25) is 0 Å². The molecule has 0 N–H and O–H groups in total. The van der Waals surface area contributed by atoms with E-state index < -0.39 is 11.2 Å². The van der Waals surface area contributed by atoms with Crippen molar-refractivity contribution in [2.45, 2.75) is 65.1 Å². The minimum atomic E-state index is -0.671. The number of nitrogens with zero attached hydrogens (tertiary/aromatic N) is 3. The smallest absolute Gasteiger partial charge is 0.279 e. The Hall–Kier alpha value is -2.27. The number of aromatic nitrogens is 3. The van der Waals surface area contributed by atoms with Crippen LogP contribution in [0, 0.1) is 0 Å². The third-order valence-corrected chi connectivity index (χ3v) is 5.18. The van der Waals surface area contributed by atoms with Crippen LogP contribution in [0.4, 0.5) is 0 Å². The van der Waals surface area contributed by atoms with Crippen molar-refractivity contribution in [1.29, 1.82) is 0 Å². The Morgan fingerprint density at radius 3 is 2.46 bits per heavy atom. The number of pyridine rings is 2. The molecule has 4 heterocycles. The average molecular weight is 351 g/mol. The van der Waals surface area contributed by atoms with Crippen molar-refractivity contribution in [3.05, 3.63) is 51.7 Å². The van der Waals surface area contributed by atoms with E-state index >= 15 is 0 Å². The second-order valence-electron chi connectivity index (χ2n) is 9.15. The van der Waals surface area contributed by atoms with Crippen LogP contribution in [0.5, 0.6) is 0 Å². The van der Waals surface area contributed by atoms with Crippen molar-refractivity contribution in [2.24, 2.45) is 0 Å². The van der Waals surface area contributed by atoms with Crippen LogP contribution >= 0.6 is 0 Å². The minimum Gasteiger partial charge on any atom is -0.358 e. The molecule has 0 amide bonds. The highest BCUT2D eigenvalue weighted by Gasteiger charge is 2.47. The number of hydrogen-bond donors (Lipinski definition) is 0. The molecule has 0 radical (unpaired) electrons. The Labute approximate surface area is 153 Å². The van der Waals surface area contributed by atoms with Crippen LogP contribution in [-0.2, 0) is 21.4 Å². The molecule has 0 aromatic carbocycles. The molecular formula is C21H25N3O2. The van der Waals surface area contributed by atoms with Gasteiger partial charge in [-0.1, -0.05) is 20.8 Å². The highest BCUT2D eigenvalue weighted by Crippen LogP contribution is 2.45. The van der Waals surface area contributed by atoms with Gasteiger partial charge in [0.15, 0.2) is 5.65 Å². The van der Waals surface area contributed by atoms with E-state index in [1.807, 2.05) is 39.8 Å². The lowest BCUT2D eigenvalue weighted by Gasteiger charge is -2.26. The lowest BCUT2D eigenvalue weighted by Crippen LogP contribution is -2.27. The summed E-state index contributed by atoms with van der Waals surface area (Å²) in [5.74, 6) is 0. The molecule has 0 saturated carbocycles. The van der Waals surface area contributed by atoms with Gasteiger partial charge in [-0.3, -0.25) is 9.78 Å². The number of ether oxygens (including phenoxy) is 1. The van der Waals surface area contributed by atoms with Crippen LogP contribution in [-0.4, -0.2) is 14.4 Å². The molecule has 0 fully saturated rings. The van der Waals surface area contributed by atoms with Gasteiger partial charge in [0.25, 0.3) is 5.56 Å². The second kappa shape index (κ2) is 4.92. The average Bonchev–Trinajstić information content (AvgIpc) is 2.71.